The minimum Gasteiger partial charge on any atom is -0.408 e. The Bertz CT molecular complexity index is 1270. The SMILES string of the molecule is O=c1oc2cc(Cl)ccc2n1CN1CCN(S(=O)(=O)c2ccc3c(c2)CCC3)CC1. The minimum atomic E-state index is -3.51. The molecule has 0 spiro atoms. The number of halogens is 1. The maximum Gasteiger partial charge on any atom is 0.421 e. The second-order valence-corrected chi connectivity index (χ2v) is 10.2. The number of rotatable bonds is 4. The fraction of sp³-hybridized carbons (Fsp3) is 0.381. The summed E-state index contributed by atoms with van der Waals surface area (Å²) < 4.78 is 34.6. The minimum absolute atomic E-state index is 0.347. The van der Waals surface area contributed by atoms with Crippen molar-refractivity contribution >= 4 is 32.7 Å². The van der Waals surface area contributed by atoms with Crippen molar-refractivity contribution in [1.82, 2.24) is 13.8 Å². The standard InChI is InChI=1S/C21H22ClN3O4S/c22-17-5-7-19-20(13-17)29-21(26)25(19)14-23-8-10-24(11-9-23)30(27,28)18-6-4-15-2-1-3-16(15)12-18/h4-7,12-13H,1-3,8-11,14H2. The number of aromatic nitrogens is 1. The van der Waals surface area contributed by atoms with Gasteiger partial charge in [-0.25, -0.2) is 13.2 Å². The van der Waals surface area contributed by atoms with Gasteiger partial charge in [0.25, 0.3) is 0 Å². The Kier molecular flexibility index (Phi) is 4.97. The van der Waals surface area contributed by atoms with Gasteiger partial charge in [-0.1, -0.05) is 17.7 Å². The van der Waals surface area contributed by atoms with Crippen molar-refractivity contribution in [3.05, 3.63) is 63.1 Å². The van der Waals surface area contributed by atoms with Crippen molar-refractivity contribution in [2.45, 2.75) is 30.8 Å². The molecule has 7 nitrogen and oxygen atoms in total. The molecule has 0 bridgehead atoms. The Morgan fingerprint density at radius 1 is 0.967 bits per heavy atom. The molecule has 5 rings (SSSR count). The molecule has 158 valence electrons. The van der Waals surface area contributed by atoms with E-state index in [-0.39, 0.29) is 0 Å². The van der Waals surface area contributed by atoms with Crippen LogP contribution in [0.5, 0.6) is 0 Å². The van der Waals surface area contributed by atoms with Crippen LogP contribution >= 0.6 is 11.6 Å². The molecule has 0 N–H and O–H groups in total. The number of fused-ring (bicyclic) bond motifs is 2. The maximum atomic E-state index is 13.1. The quantitative estimate of drug-likeness (QED) is 0.614. The number of aryl methyl sites for hydroxylation is 2. The van der Waals surface area contributed by atoms with E-state index < -0.39 is 15.8 Å². The summed E-state index contributed by atoms with van der Waals surface area (Å²) in [5.41, 5.74) is 3.54. The topological polar surface area (TPSA) is 75.8 Å². The molecule has 1 aliphatic heterocycles. The lowest BCUT2D eigenvalue weighted by Crippen LogP contribution is -2.49. The van der Waals surface area contributed by atoms with Crippen LogP contribution in [0.15, 0.2) is 50.5 Å². The molecular weight excluding hydrogens is 426 g/mol. The van der Waals surface area contributed by atoms with Gasteiger partial charge in [0, 0.05) is 37.3 Å². The molecule has 9 heteroatoms. The van der Waals surface area contributed by atoms with Crippen LogP contribution in [0.3, 0.4) is 0 Å². The highest BCUT2D eigenvalue weighted by atomic mass is 35.5. The van der Waals surface area contributed by atoms with Crippen molar-refractivity contribution in [2.75, 3.05) is 26.2 Å². The highest BCUT2D eigenvalue weighted by Crippen LogP contribution is 2.27. The molecule has 2 aromatic carbocycles. The first-order valence-corrected chi connectivity index (χ1v) is 11.9. The first-order valence-electron chi connectivity index (χ1n) is 10.0. The first kappa shape index (κ1) is 19.8. The summed E-state index contributed by atoms with van der Waals surface area (Å²) in [4.78, 5) is 14.7. The number of hydrogen-bond acceptors (Lipinski definition) is 5. The summed E-state index contributed by atoms with van der Waals surface area (Å²) >= 11 is 5.97. The Balaban J connectivity index is 1.30. The predicted octanol–water partition coefficient (Wildman–Crippen LogP) is 2.70. The Morgan fingerprint density at radius 3 is 2.53 bits per heavy atom. The Hall–Kier alpha value is -2.13. The van der Waals surface area contributed by atoms with Gasteiger partial charge >= 0.3 is 5.76 Å². The number of piperazine rings is 1. The van der Waals surface area contributed by atoms with E-state index in [9.17, 15) is 13.2 Å². The van der Waals surface area contributed by atoms with Gasteiger partial charge in [-0.2, -0.15) is 4.31 Å². The Morgan fingerprint density at radius 2 is 1.73 bits per heavy atom. The molecule has 0 saturated carbocycles. The van der Waals surface area contributed by atoms with E-state index in [1.54, 1.807) is 28.8 Å². The molecule has 0 unspecified atom stereocenters. The van der Waals surface area contributed by atoms with Crippen LogP contribution in [0.1, 0.15) is 17.5 Å². The maximum absolute atomic E-state index is 13.1. The summed E-state index contributed by atoms with van der Waals surface area (Å²) in [6.07, 6.45) is 3.07. The molecule has 0 atom stereocenters. The lowest BCUT2D eigenvalue weighted by atomic mass is 10.1. The van der Waals surface area contributed by atoms with Crippen LogP contribution in [0, 0.1) is 0 Å². The van der Waals surface area contributed by atoms with Crippen molar-refractivity contribution in [3.63, 3.8) is 0 Å². The summed E-state index contributed by atoms with van der Waals surface area (Å²) in [7, 11) is -3.51. The van der Waals surface area contributed by atoms with Gasteiger partial charge in [-0.3, -0.25) is 9.47 Å². The number of hydrogen-bond donors (Lipinski definition) is 0. The smallest absolute Gasteiger partial charge is 0.408 e. The van der Waals surface area contributed by atoms with Gasteiger partial charge in [0.1, 0.15) is 0 Å². The molecule has 30 heavy (non-hydrogen) atoms. The van der Waals surface area contributed by atoms with Crippen LogP contribution in [0.4, 0.5) is 0 Å². The van der Waals surface area contributed by atoms with Crippen molar-refractivity contribution < 1.29 is 12.8 Å². The largest absolute Gasteiger partial charge is 0.421 e. The van der Waals surface area contributed by atoms with Gasteiger partial charge in [0.15, 0.2) is 5.58 Å². The lowest BCUT2D eigenvalue weighted by molar-refractivity contribution is 0.150. The monoisotopic (exact) mass is 447 g/mol. The highest BCUT2D eigenvalue weighted by Gasteiger charge is 2.29. The number of nitrogens with zero attached hydrogens (tertiary/aromatic N) is 3. The van der Waals surface area contributed by atoms with Gasteiger partial charge in [0.2, 0.25) is 10.0 Å². The summed E-state index contributed by atoms with van der Waals surface area (Å²) in [6, 6.07) is 10.6. The lowest BCUT2D eigenvalue weighted by Gasteiger charge is -2.33. The van der Waals surface area contributed by atoms with Crippen LogP contribution in [-0.4, -0.2) is 48.4 Å². The second kappa shape index (κ2) is 7.53. The molecule has 0 radical (unpaired) electrons. The van der Waals surface area contributed by atoms with Crippen molar-refractivity contribution in [1.29, 1.82) is 0 Å². The normalized spacial score (nSPS) is 18.2. The molecule has 1 aliphatic carbocycles. The van der Waals surface area contributed by atoms with E-state index in [0.717, 1.165) is 24.8 Å². The molecular formula is C21H22ClN3O4S. The summed E-state index contributed by atoms with van der Waals surface area (Å²) in [5, 5.41) is 0.508. The van der Waals surface area contributed by atoms with E-state index in [1.165, 1.54) is 9.87 Å². The zero-order valence-electron chi connectivity index (χ0n) is 16.4. The highest BCUT2D eigenvalue weighted by molar-refractivity contribution is 7.89. The number of oxazole rings is 1. The van der Waals surface area contributed by atoms with Crippen LogP contribution in [0.2, 0.25) is 5.02 Å². The number of benzene rings is 2. The zero-order valence-corrected chi connectivity index (χ0v) is 18.0. The van der Waals surface area contributed by atoms with E-state index >= 15 is 0 Å². The fourth-order valence-electron chi connectivity index (χ4n) is 4.34. The third kappa shape index (κ3) is 3.47. The molecule has 1 saturated heterocycles. The van der Waals surface area contributed by atoms with Crippen LogP contribution in [-0.2, 0) is 29.5 Å². The van der Waals surface area contributed by atoms with Crippen molar-refractivity contribution in [2.24, 2.45) is 0 Å². The molecule has 2 heterocycles. The zero-order chi connectivity index (χ0) is 20.9. The Labute approximate surface area is 179 Å². The van der Waals surface area contributed by atoms with Gasteiger partial charge in [-0.05, 0) is 54.7 Å². The van der Waals surface area contributed by atoms with Crippen LogP contribution in [0.25, 0.3) is 11.1 Å². The first-order chi connectivity index (χ1) is 14.4. The molecule has 2 aliphatic rings. The second-order valence-electron chi connectivity index (χ2n) is 7.86. The van der Waals surface area contributed by atoms with E-state index in [4.69, 9.17) is 16.0 Å². The van der Waals surface area contributed by atoms with Crippen molar-refractivity contribution in [3.8, 4) is 0 Å². The summed E-state index contributed by atoms with van der Waals surface area (Å²) in [5.74, 6) is -0.444. The molecule has 3 aromatic rings. The van der Waals surface area contributed by atoms with Gasteiger partial charge in [0.05, 0.1) is 17.1 Å². The van der Waals surface area contributed by atoms with E-state index in [0.29, 0.717) is 53.9 Å². The third-order valence-corrected chi connectivity index (χ3v) is 8.14. The third-order valence-electron chi connectivity index (χ3n) is 6.01. The van der Waals surface area contributed by atoms with Crippen LogP contribution < -0.4 is 5.76 Å². The van der Waals surface area contributed by atoms with Gasteiger partial charge < -0.3 is 4.42 Å². The molecule has 1 fully saturated rings. The molecule has 0 amide bonds. The van der Waals surface area contributed by atoms with E-state index in [1.807, 2.05) is 12.1 Å². The predicted molar refractivity (Wildman–Crippen MR) is 114 cm³/mol. The average molecular weight is 448 g/mol. The average Bonchev–Trinajstić information content (AvgIpc) is 3.32. The molecule has 1 aromatic heterocycles. The fourth-order valence-corrected chi connectivity index (χ4v) is 5.98. The number of sulfonamides is 1. The summed E-state index contributed by atoms with van der Waals surface area (Å²) in [6.45, 7) is 2.19. The van der Waals surface area contributed by atoms with E-state index in [2.05, 4.69) is 4.90 Å². The van der Waals surface area contributed by atoms with Gasteiger partial charge in [-0.15, -0.1) is 0 Å².